The molecular weight excluding hydrogens is 158 g/mol. The third-order valence-corrected chi connectivity index (χ3v) is 2.03. The van der Waals surface area contributed by atoms with Gasteiger partial charge in [0.1, 0.15) is 0 Å². The third-order valence-electron chi connectivity index (χ3n) is 2.03. The Balaban J connectivity index is 3.72. The lowest BCUT2D eigenvalue weighted by atomic mass is 10.3. The van der Waals surface area contributed by atoms with Crippen molar-refractivity contribution < 1.29 is 0 Å². The van der Waals surface area contributed by atoms with E-state index in [2.05, 4.69) is 50.0 Å². The van der Waals surface area contributed by atoms with Crippen molar-refractivity contribution in [2.45, 2.75) is 33.6 Å². The monoisotopic (exact) mass is 181 g/mol. The summed E-state index contributed by atoms with van der Waals surface area (Å²) in [5, 5.41) is 0. The van der Waals surface area contributed by atoms with Crippen LogP contribution in [-0.4, -0.2) is 24.5 Å². The highest BCUT2D eigenvalue weighted by Crippen LogP contribution is 1.95. The summed E-state index contributed by atoms with van der Waals surface area (Å²) in [7, 11) is 0. The molecule has 0 aliphatic carbocycles. The van der Waals surface area contributed by atoms with E-state index in [0.29, 0.717) is 0 Å². The SMILES string of the molecule is CC=CCN(CC=CC)CCCC. The molecule has 0 atom stereocenters. The first kappa shape index (κ1) is 12.4. The maximum Gasteiger partial charge on any atom is 0.0166 e. The molecule has 0 N–H and O–H groups in total. The molecule has 0 aliphatic rings. The molecule has 0 aromatic carbocycles. The van der Waals surface area contributed by atoms with Gasteiger partial charge >= 0.3 is 0 Å². The molecule has 0 radical (unpaired) electrons. The summed E-state index contributed by atoms with van der Waals surface area (Å²) in [6.07, 6.45) is 11.3. The summed E-state index contributed by atoms with van der Waals surface area (Å²) in [6, 6.07) is 0. The Bertz CT molecular complexity index is 133. The standard InChI is InChI=1S/C12H23N/c1-4-7-10-13(11-8-5-2)12-9-6-3/h4-5,7-8H,6,9-12H2,1-3H3. The summed E-state index contributed by atoms with van der Waals surface area (Å²) in [4.78, 5) is 2.46. The Kier molecular flexibility index (Phi) is 9.12. The zero-order valence-corrected chi connectivity index (χ0v) is 9.29. The average Bonchev–Trinajstić information content (AvgIpc) is 2.17. The van der Waals surface area contributed by atoms with Crippen molar-refractivity contribution in [1.82, 2.24) is 4.90 Å². The number of nitrogens with zero attached hydrogens (tertiary/aromatic N) is 1. The van der Waals surface area contributed by atoms with E-state index in [-0.39, 0.29) is 0 Å². The molecule has 0 aliphatic heterocycles. The van der Waals surface area contributed by atoms with Crippen LogP contribution in [0.25, 0.3) is 0 Å². The minimum Gasteiger partial charge on any atom is -0.296 e. The fourth-order valence-electron chi connectivity index (χ4n) is 1.15. The highest BCUT2D eigenvalue weighted by atomic mass is 15.1. The number of hydrogen-bond donors (Lipinski definition) is 0. The Morgan fingerprint density at radius 3 is 1.92 bits per heavy atom. The highest BCUT2D eigenvalue weighted by Gasteiger charge is 1.98. The highest BCUT2D eigenvalue weighted by molar-refractivity contribution is 4.86. The Morgan fingerprint density at radius 2 is 1.54 bits per heavy atom. The molecule has 0 aromatic heterocycles. The molecular formula is C12H23N. The minimum atomic E-state index is 1.08. The van der Waals surface area contributed by atoms with Crippen LogP contribution in [0, 0.1) is 0 Å². The number of allylic oxidation sites excluding steroid dienone is 2. The molecule has 0 rings (SSSR count). The summed E-state index contributed by atoms with van der Waals surface area (Å²) < 4.78 is 0. The second-order valence-corrected chi connectivity index (χ2v) is 3.25. The van der Waals surface area contributed by atoms with Gasteiger partial charge in [-0.15, -0.1) is 0 Å². The van der Waals surface area contributed by atoms with E-state index in [4.69, 9.17) is 0 Å². The molecule has 0 heterocycles. The molecule has 0 fully saturated rings. The summed E-state index contributed by atoms with van der Waals surface area (Å²) >= 11 is 0. The molecule has 0 aromatic rings. The molecule has 0 unspecified atom stereocenters. The quantitative estimate of drug-likeness (QED) is 0.545. The maximum absolute atomic E-state index is 2.46. The summed E-state index contributed by atoms with van der Waals surface area (Å²) in [6.45, 7) is 9.78. The van der Waals surface area contributed by atoms with E-state index in [9.17, 15) is 0 Å². The van der Waals surface area contributed by atoms with Gasteiger partial charge in [0.2, 0.25) is 0 Å². The topological polar surface area (TPSA) is 3.24 Å². The van der Waals surface area contributed by atoms with Gasteiger partial charge in [0.25, 0.3) is 0 Å². The first-order valence-corrected chi connectivity index (χ1v) is 5.29. The Labute approximate surface area is 83.1 Å². The zero-order chi connectivity index (χ0) is 9.94. The van der Waals surface area contributed by atoms with E-state index < -0.39 is 0 Å². The Hall–Kier alpha value is -0.560. The lowest BCUT2D eigenvalue weighted by Crippen LogP contribution is -2.25. The van der Waals surface area contributed by atoms with Gasteiger partial charge in [-0.05, 0) is 26.8 Å². The van der Waals surface area contributed by atoms with Crippen LogP contribution in [0.15, 0.2) is 24.3 Å². The van der Waals surface area contributed by atoms with Crippen molar-refractivity contribution in [3.05, 3.63) is 24.3 Å². The summed E-state index contributed by atoms with van der Waals surface area (Å²) in [5.41, 5.74) is 0. The van der Waals surface area contributed by atoms with Gasteiger partial charge in [-0.25, -0.2) is 0 Å². The van der Waals surface area contributed by atoms with Crippen molar-refractivity contribution in [2.75, 3.05) is 19.6 Å². The molecule has 0 amide bonds. The van der Waals surface area contributed by atoms with Crippen LogP contribution in [-0.2, 0) is 0 Å². The molecule has 76 valence electrons. The molecule has 0 saturated carbocycles. The average molecular weight is 181 g/mol. The fourth-order valence-corrected chi connectivity index (χ4v) is 1.15. The Morgan fingerprint density at radius 1 is 1.00 bits per heavy atom. The largest absolute Gasteiger partial charge is 0.296 e. The van der Waals surface area contributed by atoms with E-state index in [1.165, 1.54) is 19.4 Å². The van der Waals surface area contributed by atoms with Gasteiger partial charge < -0.3 is 0 Å². The second-order valence-electron chi connectivity index (χ2n) is 3.25. The maximum atomic E-state index is 2.46. The van der Waals surface area contributed by atoms with Crippen LogP contribution in [0.3, 0.4) is 0 Å². The lowest BCUT2D eigenvalue weighted by Gasteiger charge is -2.18. The lowest BCUT2D eigenvalue weighted by molar-refractivity contribution is 0.328. The smallest absolute Gasteiger partial charge is 0.0166 e. The van der Waals surface area contributed by atoms with Gasteiger partial charge in [-0.1, -0.05) is 37.6 Å². The number of rotatable bonds is 7. The third kappa shape index (κ3) is 7.79. The zero-order valence-electron chi connectivity index (χ0n) is 9.29. The van der Waals surface area contributed by atoms with Crippen LogP contribution >= 0.6 is 0 Å². The molecule has 0 spiro atoms. The van der Waals surface area contributed by atoms with Crippen molar-refractivity contribution in [1.29, 1.82) is 0 Å². The van der Waals surface area contributed by atoms with Gasteiger partial charge in [0.15, 0.2) is 0 Å². The van der Waals surface area contributed by atoms with Gasteiger partial charge in [-0.3, -0.25) is 4.90 Å². The first-order valence-electron chi connectivity index (χ1n) is 5.29. The minimum absolute atomic E-state index is 1.08. The second kappa shape index (κ2) is 9.53. The van der Waals surface area contributed by atoms with E-state index in [1.54, 1.807) is 0 Å². The van der Waals surface area contributed by atoms with Crippen molar-refractivity contribution in [2.24, 2.45) is 0 Å². The normalized spacial score (nSPS) is 12.3. The fraction of sp³-hybridized carbons (Fsp3) is 0.667. The van der Waals surface area contributed by atoms with Gasteiger partial charge in [0.05, 0.1) is 0 Å². The van der Waals surface area contributed by atoms with E-state index >= 15 is 0 Å². The van der Waals surface area contributed by atoms with Gasteiger partial charge in [-0.2, -0.15) is 0 Å². The molecule has 0 saturated heterocycles. The van der Waals surface area contributed by atoms with Gasteiger partial charge in [0, 0.05) is 13.1 Å². The van der Waals surface area contributed by atoms with Crippen LogP contribution in [0.1, 0.15) is 33.6 Å². The van der Waals surface area contributed by atoms with E-state index in [1.807, 2.05) is 0 Å². The molecule has 13 heavy (non-hydrogen) atoms. The number of unbranched alkanes of at least 4 members (excludes halogenated alkanes) is 1. The first-order chi connectivity index (χ1) is 6.35. The van der Waals surface area contributed by atoms with Crippen molar-refractivity contribution in [3.63, 3.8) is 0 Å². The molecule has 1 nitrogen and oxygen atoms in total. The molecule has 1 heteroatoms. The predicted molar refractivity (Wildman–Crippen MR) is 61.0 cm³/mol. The molecule has 0 bridgehead atoms. The van der Waals surface area contributed by atoms with Crippen LogP contribution in [0.4, 0.5) is 0 Å². The predicted octanol–water partition coefficient (Wildman–Crippen LogP) is 3.24. The van der Waals surface area contributed by atoms with Crippen molar-refractivity contribution in [3.8, 4) is 0 Å². The van der Waals surface area contributed by atoms with Crippen molar-refractivity contribution >= 4 is 0 Å². The van der Waals surface area contributed by atoms with E-state index in [0.717, 1.165) is 13.1 Å². The summed E-state index contributed by atoms with van der Waals surface area (Å²) in [5.74, 6) is 0. The van der Waals surface area contributed by atoms with Crippen LogP contribution < -0.4 is 0 Å². The van der Waals surface area contributed by atoms with Crippen LogP contribution in [0.2, 0.25) is 0 Å². The van der Waals surface area contributed by atoms with Crippen LogP contribution in [0.5, 0.6) is 0 Å². The number of hydrogen-bond acceptors (Lipinski definition) is 1.